The Morgan fingerprint density at radius 1 is 0.784 bits per heavy atom. The first-order valence-electron chi connectivity index (χ1n) is 14.0. The number of rotatable bonds is 11. The summed E-state index contributed by atoms with van der Waals surface area (Å²) in [6, 6.07) is 21.3. The summed E-state index contributed by atoms with van der Waals surface area (Å²) in [5.74, 6) is -0.589. The topological polar surface area (TPSA) is 9.23 Å². The van der Waals surface area contributed by atoms with E-state index in [4.69, 9.17) is 4.74 Å². The van der Waals surface area contributed by atoms with Gasteiger partial charge in [-0.2, -0.15) is 4.39 Å². The molecule has 1 fully saturated rings. The molecule has 0 atom stereocenters. The average Bonchev–Trinajstić information content (AvgIpc) is 2.94. The van der Waals surface area contributed by atoms with Crippen molar-refractivity contribution in [1.29, 1.82) is 0 Å². The minimum absolute atomic E-state index is 0.0645. The van der Waals surface area contributed by atoms with E-state index in [9.17, 15) is 8.78 Å². The molecule has 0 aromatic heterocycles. The van der Waals surface area contributed by atoms with E-state index in [1.807, 2.05) is 0 Å². The summed E-state index contributed by atoms with van der Waals surface area (Å²) >= 11 is 0. The highest BCUT2D eigenvalue weighted by molar-refractivity contribution is 5.64. The lowest BCUT2D eigenvalue weighted by atomic mass is 9.76. The van der Waals surface area contributed by atoms with Gasteiger partial charge in [-0.3, -0.25) is 0 Å². The Labute approximate surface area is 221 Å². The van der Waals surface area contributed by atoms with Gasteiger partial charge in [0.15, 0.2) is 11.6 Å². The molecule has 1 nitrogen and oxygen atoms in total. The Morgan fingerprint density at radius 2 is 1.46 bits per heavy atom. The lowest BCUT2D eigenvalue weighted by Gasteiger charge is -2.29. The van der Waals surface area contributed by atoms with Gasteiger partial charge in [0, 0.05) is 0 Å². The van der Waals surface area contributed by atoms with Gasteiger partial charge >= 0.3 is 0 Å². The van der Waals surface area contributed by atoms with Crippen LogP contribution in [0.25, 0.3) is 11.1 Å². The molecule has 0 saturated heterocycles. The van der Waals surface area contributed by atoms with Crippen molar-refractivity contribution >= 4 is 0 Å². The Hall–Kier alpha value is -2.94. The molecule has 0 radical (unpaired) electrons. The standard InChI is InChI=1S/C34H40F2O/c1-3-5-6-7-25-8-13-27(14-9-25)29-18-20-30(21-19-29)28-15-10-26(11-16-28)12-17-31-22-23-32(37-24-4-2)34(36)33(31)35/h4,8-9,13-14,18-24,26,28H,3,5-7,10-12,15-17H2,1-2H3/b24-4+. The van der Waals surface area contributed by atoms with Gasteiger partial charge in [-0.05, 0) is 104 Å². The third-order valence-electron chi connectivity index (χ3n) is 7.86. The molecule has 4 rings (SSSR count). The molecular formula is C34H40F2O. The molecule has 1 aliphatic rings. The van der Waals surface area contributed by atoms with Crippen molar-refractivity contribution in [3.63, 3.8) is 0 Å². The number of ether oxygens (including phenoxy) is 1. The summed E-state index contributed by atoms with van der Waals surface area (Å²) in [6.45, 7) is 4.01. The average molecular weight is 503 g/mol. The lowest BCUT2D eigenvalue weighted by molar-refractivity contribution is 0.309. The summed E-state index contributed by atoms with van der Waals surface area (Å²) < 4.78 is 33.9. The van der Waals surface area contributed by atoms with Crippen LogP contribution in [0.1, 0.15) is 87.8 Å². The van der Waals surface area contributed by atoms with Crippen LogP contribution in [0, 0.1) is 17.6 Å². The maximum atomic E-state index is 14.5. The highest BCUT2D eigenvalue weighted by atomic mass is 19.2. The maximum absolute atomic E-state index is 14.5. The SMILES string of the molecule is C/C=C/Oc1ccc(CCC2CCC(c3ccc(-c4ccc(CCCCC)cc4)cc3)CC2)c(F)c1F. The zero-order chi connectivity index (χ0) is 26.0. The summed E-state index contributed by atoms with van der Waals surface area (Å²) in [6.07, 6.45) is 14.0. The van der Waals surface area contributed by atoms with E-state index in [1.165, 1.54) is 60.3 Å². The normalized spacial score (nSPS) is 17.8. The molecule has 196 valence electrons. The van der Waals surface area contributed by atoms with Gasteiger partial charge in [0.05, 0.1) is 6.26 Å². The van der Waals surface area contributed by atoms with E-state index in [0.717, 1.165) is 32.1 Å². The van der Waals surface area contributed by atoms with Gasteiger partial charge in [0.1, 0.15) is 0 Å². The van der Waals surface area contributed by atoms with Crippen LogP contribution in [0.2, 0.25) is 0 Å². The molecule has 0 bridgehead atoms. The van der Waals surface area contributed by atoms with Crippen LogP contribution in [-0.4, -0.2) is 0 Å². The molecule has 0 amide bonds. The molecular weight excluding hydrogens is 462 g/mol. The number of hydrogen-bond acceptors (Lipinski definition) is 1. The number of halogens is 2. The van der Waals surface area contributed by atoms with Crippen LogP contribution in [0.5, 0.6) is 5.75 Å². The molecule has 3 aromatic rings. The molecule has 1 aliphatic carbocycles. The van der Waals surface area contributed by atoms with Crippen molar-refractivity contribution in [1.82, 2.24) is 0 Å². The predicted molar refractivity (Wildman–Crippen MR) is 150 cm³/mol. The van der Waals surface area contributed by atoms with E-state index >= 15 is 0 Å². The van der Waals surface area contributed by atoms with Crippen molar-refractivity contribution in [2.75, 3.05) is 0 Å². The quantitative estimate of drug-likeness (QED) is 0.187. The zero-order valence-electron chi connectivity index (χ0n) is 22.3. The Balaban J connectivity index is 1.26. The third kappa shape index (κ3) is 7.31. The van der Waals surface area contributed by atoms with E-state index in [2.05, 4.69) is 55.5 Å². The third-order valence-corrected chi connectivity index (χ3v) is 7.86. The minimum atomic E-state index is -0.898. The number of hydrogen-bond donors (Lipinski definition) is 0. The second-order valence-corrected chi connectivity index (χ2v) is 10.5. The van der Waals surface area contributed by atoms with Crippen LogP contribution >= 0.6 is 0 Å². The summed E-state index contributed by atoms with van der Waals surface area (Å²) in [4.78, 5) is 0. The first kappa shape index (κ1) is 27.1. The van der Waals surface area contributed by atoms with Crippen LogP contribution < -0.4 is 4.74 Å². The Morgan fingerprint density at radius 3 is 2.11 bits per heavy atom. The van der Waals surface area contributed by atoms with Gasteiger partial charge in [-0.15, -0.1) is 0 Å². The number of benzene rings is 3. The molecule has 0 aliphatic heterocycles. The first-order chi connectivity index (χ1) is 18.1. The van der Waals surface area contributed by atoms with Crippen LogP contribution in [-0.2, 0) is 12.8 Å². The van der Waals surface area contributed by atoms with Crippen LogP contribution in [0.3, 0.4) is 0 Å². The molecule has 0 unspecified atom stereocenters. The monoisotopic (exact) mass is 502 g/mol. The second-order valence-electron chi connectivity index (χ2n) is 10.5. The molecule has 37 heavy (non-hydrogen) atoms. The van der Waals surface area contributed by atoms with Crippen LogP contribution in [0.4, 0.5) is 8.78 Å². The molecule has 3 heteroatoms. The van der Waals surface area contributed by atoms with Gasteiger partial charge in [-0.1, -0.05) is 80.4 Å². The van der Waals surface area contributed by atoms with E-state index < -0.39 is 11.6 Å². The number of allylic oxidation sites excluding steroid dienone is 1. The maximum Gasteiger partial charge on any atom is 0.201 e. The largest absolute Gasteiger partial charge is 0.462 e. The molecule has 3 aromatic carbocycles. The van der Waals surface area contributed by atoms with Crippen molar-refractivity contribution in [2.24, 2.45) is 5.92 Å². The number of unbranched alkanes of at least 4 members (excludes halogenated alkanes) is 2. The fourth-order valence-corrected chi connectivity index (χ4v) is 5.53. The van der Waals surface area contributed by atoms with E-state index in [0.29, 0.717) is 23.8 Å². The van der Waals surface area contributed by atoms with E-state index in [1.54, 1.807) is 19.1 Å². The van der Waals surface area contributed by atoms with Crippen LogP contribution in [0.15, 0.2) is 73.0 Å². The first-order valence-corrected chi connectivity index (χ1v) is 14.0. The van der Waals surface area contributed by atoms with Gasteiger partial charge in [0.25, 0.3) is 0 Å². The molecule has 0 spiro atoms. The van der Waals surface area contributed by atoms with Crippen molar-refractivity contribution in [3.05, 3.63) is 101 Å². The van der Waals surface area contributed by atoms with Gasteiger partial charge < -0.3 is 4.74 Å². The van der Waals surface area contributed by atoms with Gasteiger partial charge in [0.2, 0.25) is 5.82 Å². The Bertz CT molecular complexity index is 1140. The summed E-state index contributed by atoms with van der Waals surface area (Å²) in [5.41, 5.74) is 5.84. The molecule has 1 saturated carbocycles. The van der Waals surface area contributed by atoms with Crippen molar-refractivity contribution < 1.29 is 13.5 Å². The van der Waals surface area contributed by atoms with Crippen molar-refractivity contribution in [3.8, 4) is 16.9 Å². The highest BCUT2D eigenvalue weighted by Crippen LogP contribution is 2.38. The lowest BCUT2D eigenvalue weighted by Crippen LogP contribution is -2.14. The fraction of sp³-hybridized carbons (Fsp3) is 0.412. The minimum Gasteiger partial charge on any atom is -0.462 e. The molecule has 0 heterocycles. The van der Waals surface area contributed by atoms with Gasteiger partial charge in [-0.25, -0.2) is 4.39 Å². The highest BCUT2D eigenvalue weighted by Gasteiger charge is 2.23. The summed E-state index contributed by atoms with van der Waals surface area (Å²) in [5, 5.41) is 0. The summed E-state index contributed by atoms with van der Waals surface area (Å²) in [7, 11) is 0. The number of aryl methyl sites for hydroxylation is 2. The van der Waals surface area contributed by atoms with E-state index in [-0.39, 0.29) is 5.75 Å². The predicted octanol–water partition coefficient (Wildman–Crippen LogP) is 10.2. The zero-order valence-corrected chi connectivity index (χ0v) is 22.3. The smallest absolute Gasteiger partial charge is 0.201 e. The Kier molecular flexibility index (Phi) is 9.93. The van der Waals surface area contributed by atoms with Crippen molar-refractivity contribution in [2.45, 2.75) is 84.0 Å². The fourth-order valence-electron chi connectivity index (χ4n) is 5.53. The molecule has 0 N–H and O–H groups in total. The second kappa shape index (κ2) is 13.6.